The molecule has 2 rings (SSSR count). The van der Waals surface area contributed by atoms with Crippen molar-refractivity contribution in [1.29, 1.82) is 0 Å². The summed E-state index contributed by atoms with van der Waals surface area (Å²) in [6, 6.07) is 2.24. The molecular formula is C13H19NO3. The maximum Gasteiger partial charge on any atom is 0.341 e. The van der Waals surface area contributed by atoms with E-state index in [1.54, 1.807) is 6.07 Å². The van der Waals surface area contributed by atoms with Crippen molar-refractivity contribution < 1.29 is 13.9 Å². The molecule has 4 heteroatoms. The second-order valence-corrected chi connectivity index (χ2v) is 4.65. The molecule has 0 radical (unpaired) electrons. The van der Waals surface area contributed by atoms with Gasteiger partial charge >= 0.3 is 5.97 Å². The molecule has 17 heavy (non-hydrogen) atoms. The van der Waals surface area contributed by atoms with E-state index in [2.05, 4.69) is 17.0 Å². The molecule has 0 saturated heterocycles. The number of methoxy groups -OCH3 is 1. The molecule has 1 heterocycles. The van der Waals surface area contributed by atoms with Crippen molar-refractivity contribution in [3.8, 4) is 0 Å². The van der Waals surface area contributed by atoms with E-state index in [1.807, 2.05) is 0 Å². The monoisotopic (exact) mass is 237 g/mol. The molecule has 0 amide bonds. The number of hydrogen-bond donors (Lipinski definition) is 1. The first-order valence-electron chi connectivity index (χ1n) is 6.10. The highest BCUT2D eigenvalue weighted by molar-refractivity contribution is 5.88. The molecule has 0 spiro atoms. The minimum absolute atomic E-state index is 0.355. The Kier molecular flexibility index (Phi) is 3.84. The number of ether oxygens (including phenoxy) is 1. The molecule has 94 valence electrons. The third-order valence-electron chi connectivity index (χ3n) is 3.53. The van der Waals surface area contributed by atoms with Gasteiger partial charge in [-0.15, -0.1) is 0 Å². The topological polar surface area (TPSA) is 51.5 Å². The van der Waals surface area contributed by atoms with Crippen molar-refractivity contribution in [3.05, 3.63) is 23.7 Å². The Bertz CT molecular complexity index is 382. The fraction of sp³-hybridized carbons (Fsp3) is 0.615. The Morgan fingerprint density at radius 1 is 1.65 bits per heavy atom. The molecule has 1 aliphatic carbocycles. The summed E-state index contributed by atoms with van der Waals surface area (Å²) in [5.41, 5.74) is 0.473. The van der Waals surface area contributed by atoms with Gasteiger partial charge in [-0.1, -0.05) is 6.42 Å². The number of furan rings is 1. The normalized spacial score (nSPS) is 17.5. The van der Waals surface area contributed by atoms with Crippen LogP contribution in [0.4, 0.5) is 0 Å². The van der Waals surface area contributed by atoms with Gasteiger partial charge in [0.15, 0.2) is 0 Å². The van der Waals surface area contributed by atoms with Crippen molar-refractivity contribution in [2.75, 3.05) is 7.11 Å². The highest BCUT2D eigenvalue weighted by Gasteiger charge is 2.23. The second-order valence-electron chi connectivity index (χ2n) is 4.65. The van der Waals surface area contributed by atoms with Crippen LogP contribution < -0.4 is 5.32 Å². The van der Waals surface area contributed by atoms with Crippen molar-refractivity contribution in [2.24, 2.45) is 5.92 Å². The fourth-order valence-corrected chi connectivity index (χ4v) is 2.07. The highest BCUT2D eigenvalue weighted by atomic mass is 16.5. The predicted molar refractivity (Wildman–Crippen MR) is 63.7 cm³/mol. The molecule has 1 saturated carbocycles. The summed E-state index contributed by atoms with van der Waals surface area (Å²) in [5, 5.41) is 3.43. The lowest BCUT2D eigenvalue weighted by Crippen LogP contribution is -2.36. The van der Waals surface area contributed by atoms with Gasteiger partial charge in [0.1, 0.15) is 12.0 Å². The van der Waals surface area contributed by atoms with E-state index in [-0.39, 0.29) is 5.97 Å². The van der Waals surface area contributed by atoms with Crippen LogP contribution in [0.15, 0.2) is 16.7 Å². The van der Waals surface area contributed by atoms with Crippen molar-refractivity contribution in [3.63, 3.8) is 0 Å². The SMILES string of the molecule is COC(=O)c1coc(CNC(C)C2CCC2)c1. The van der Waals surface area contributed by atoms with Crippen molar-refractivity contribution in [1.82, 2.24) is 5.32 Å². The van der Waals surface area contributed by atoms with E-state index in [0.717, 1.165) is 11.7 Å². The van der Waals surface area contributed by atoms with Gasteiger partial charge in [0.25, 0.3) is 0 Å². The van der Waals surface area contributed by atoms with Gasteiger partial charge in [-0.3, -0.25) is 0 Å². The summed E-state index contributed by atoms with van der Waals surface area (Å²) in [7, 11) is 1.37. The fourth-order valence-electron chi connectivity index (χ4n) is 2.07. The number of nitrogens with one attached hydrogen (secondary N) is 1. The summed E-state index contributed by atoms with van der Waals surface area (Å²) < 4.78 is 9.93. The lowest BCUT2D eigenvalue weighted by atomic mass is 9.80. The van der Waals surface area contributed by atoms with E-state index >= 15 is 0 Å². The smallest absolute Gasteiger partial charge is 0.341 e. The Hall–Kier alpha value is -1.29. The standard InChI is InChI=1S/C13H19NO3/c1-9(10-4-3-5-10)14-7-12-6-11(8-17-12)13(15)16-2/h6,8-10,14H,3-5,7H2,1-2H3. The second kappa shape index (κ2) is 5.36. The van der Waals surface area contributed by atoms with Gasteiger partial charge in [-0.05, 0) is 31.7 Å². The van der Waals surface area contributed by atoms with E-state index in [9.17, 15) is 4.79 Å². The van der Waals surface area contributed by atoms with Crippen LogP contribution >= 0.6 is 0 Å². The molecule has 1 aliphatic rings. The Labute approximate surface area is 101 Å². The zero-order chi connectivity index (χ0) is 12.3. The lowest BCUT2D eigenvalue weighted by molar-refractivity contribution is 0.0600. The summed E-state index contributed by atoms with van der Waals surface area (Å²) in [5.74, 6) is 1.22. The number of carbonyl (C=O) groups is 1. The van der Waals surface area contributed by atoms with Crippen LogP contribution in [0.5, 0.6) is 0 Å². The highest BCUT2D eigenvalue weighted by Crippen LogP contribution is 2.29. The van der Waals surface area contributed by atoms with Crippen LogP contribution in [0.25, 0.3) is 0 Å². The molecule has 0 aromatic carbocycles. The Morgan fingerprint density at radius 3 is 3.00 bits per heavy atom. The molecule has 1 atom stereocenters. The summed E-state index contributed by atoms with van der Waals surface area (Å²) in [6.45, 7) is 2.86. The van der Waals surface area contributed by atoms with Crippen LogP contribution in [0.3, 0.4) is 0 Å². The lowest BCUT2D eigenvalue weighted by Gasteiger charge is -2.31. The van der Waals surface area contributed by atoms with Gasteiger partial charge in [0, 0.05) is 6.04 Å². The van der Waals surface area contributed by atoms with Gasteiger partial charge in [0.05, 0.1) is 19.2 Å². The van der Waals surface area contributed by atoms with Crippen LogP contribution in [-0.4, -0.2) is 19.1 Å². The minimum atomic E-state index is -0.355. The summed E-state index contributed by atoms with van der Waals surface area (Å²) in [4.78, 5) is 11.2. The summed E-state index contributed by atoms with van der Waals surface area (Å²) in [6.07, 6.45) is 5.43. The molecule has 4 nitrogen and oxygen atoms in total. The third-order valence-corrected chi connectivity index (χ3v) is 3.53. The van der Waals surface area contributed by atoms with Crippen LogP contribution in [0.2, 0.25) is 0 Å². The van der Waals surface area contributed by atoms with Crippen molar-refractivity contribution in [2.45, 2.75) is 38.8 Å². The molecule has 1 aromatic heterocycles. The van der Waals surface area contributed by atoms with Crippen LogP contribution in [-0.2, 0) is 11.3 Å². The summed E-state index contributed by atoms with van der Waals surface area (Å²) >= 11 is 0. The van der Waals surface area contributed by atoms with Gasteiger partial charge in [-0.2, -0.15) is 0 Å². The quantitative estimate of drug-likeness (QED) is 0.799. The maximum atomic E-state index is 11.2. The predicted octanol–water partition coefficient (Wildman–Crippen LogP) is 2.34. The van der Waals surface area contributed by atoms with Crippen molar-refractivity contribution >= 4 is 5.97 Å². The van der Waals surface area contributed by atoms with E-state index < -0.39 is 0 Å². The molecular weight excluding hydrogens is 218 g/mol. The average molecular weight is 237 g/mol. The molecule has 0 aliphatic heterocycles. The van der Waals surface area contributed by atoms with Crippen LogP contribution in [0, 0.1) is 5.92 Å². The van der Waals surface area contributed by atoms with E-state index in [1.165, 1.54) is 32.6 Å². The first-order valence-corrected chi connectivity index (χ1v) is 6.10. The van der Waals surface area contributed by atoms with Crippen LogP contribution in [0.1, 0.15) is 42.3 Å². The Balaban J connectivity index is 1.82. The number of hydrogen-bond acceptors (Lipinski definition) is 4. The first kappa shape index (κ1) is 12.2. The van der Waals surface area contributed by atoms with E-state index in [4.69, 9.17) is 4.42 Å². The third kappa shape index (κ3) is 2.88. The zero-order valence-electron chi connectivity index (χ0n) is 10.4. The van der Waals surface area contributed by atoms with E-state index in [0.29, 0.717) is 18.2 Å². The molecule has 1 N–H and O–H groups in total. The first-order chi connectivity index (χ1) is 8.20. The maximum absolute atomic E-state index is 11.2. The number of carbonyl (C=O) groups excluding carboxylic acids is 1. The number of rotatable bonds is 5. The van der Waals surface area contributed by atoms with Gasteiger partial charge < -0.3 is 14.5 Å². The average Bonchev–Trinajstić information content (AvgIpc) is 2.71. The van der Waals surface area contributed by atoms with Gasteiger partial charge in [0.2, 0.25) is 0 Å². The minimum Gasteiger partial charge on any atom is -0.467 e. The molecule has 1 fully saturated rings. The zero-order valence-corrected chi connectivity index (χ0v) is 10.4. The molecule has 1 aromatic rings. The Morgan fingerprint density at radius 2 is 2.41 bits per heavy atom. The molecule has 1 unspecified atom stereocenters. The van der Waals surface area contributed by atoms with Gasteiger partial charge in [-0.25, -0.2) is 4.79 Å². The molecule has 0 bridgehead atoms. The number of esters is 1. The largest absolute Gasteiger partial charge is 0.467 e.